The smallest absolute Gasteiger partial charge is 0.335 e. The van der Waals surface area contributed by atoms with Crippen LogP contribution in [0.25, 0.3) is 6.08 Å². The molecular formula is C27H20BrN3O9. The summed E-state index contributed by atoms with van der Waals surface area (Å²) in [6, 6.07) is 12.9. The molecule has 12 nitrogen and oxygen atoms in total. The predicted octanol–water partition coefficient (Wildman–Crippen LogP) is 4.73. The zero-order chi connectivity index (χ0) is 28.4. The molecule has 1 saturated heterocycles. The minimum Gasteiger partial charge on any atom is -0.490 e. The molecule has 0 radical (unpaired) electrons. The number of nitrogens with zero attached hydrogens (tertiary/aromatic N) is 2. The first kappa shape index (κ1) is 26.7. The van der Waals surface area contributed by atoms with Gasteiger partial charge in [-0.1, -0.05) is 28.1 Å². The summed E-state index contributed by atoms with van der Waals surface area (Å²) < 4.78 is 22.7. The lowest BCUT2D eigenvalue weighted by Gasteiger charge is -2.26. The summed E-state index contributed by atoms with van der Waals surface area (Å²) in [6.07, 6.45) is 1.33. The minimum absolute atomic E-state index is 0.0176. The molecule has 3 aromatic carbocycles. The second-order valence-corrected chi connectivity index (χ2v) is 9.32. The van der Waals surface area contributed by atoms with Gasteiger partial charge >= 0.3 is 6.03 Å². The number of carbonyl (C=O) groups is 3. The highest BCUT2D eigenvalue weighted by atomic mass is 79.9. The number of nitro benzene ring substituents is 1. The van der Waals surface area contributed by atoms with Crippen LogP contribution in [-0.4, -0.2) is 36.2 Å². The fourth-order valence-electron chi connectivity index (χ4n) is 4.04. The predicted molar refractivity (Wildman–Crippen MR) is 144 cm³/mol. The summed E-state index contributed by atoms with van der Waals surface area (Å²) in [5.41, 5.74) is 0.842. The number of non-ortho nitro benzene ring substituents is 1. The lowest BCUT2D eigenvalue weighted by Crippen LogP contribution is -2.54. The van der Waals surface area contributed by atoms with E-state index in [0.29, 0.717) is 38.6 Å². The van der Waals surface area contributed by atoms with E-state index in [-0.39, 0.29) is 37.0 Å². The molecule has 0 saturated carbocycles. The van der Waals surface area contributed by atoms with Crippen molar-refractivity contribution in [2.24, 2.45) is 0 Å². The summed E-state index contributed by atoms with van der Waals surface area (Å²) in [6.45, 7) is 2.11. The van der Waals surface area contributed by atoms with E-state index < -0.39 is 22.8 Å². The highest BCUT2D eigenvalue weighted by Gasteiger charge is 2.37. The van der Waals surface area contributed by atoms with Gasteiger partial charge in [-0.2, -0.15) is 0 Å². The lowest BCUT2D eigenvalue weighted by atomic mass is 10.1. The van der Waals surface area contributed by atoms with Gasteiger partial charge in [0.05, 0.1) is 17.2 Å². The van der Waals surface area contributed by atoms with Crippen LogP contribution in [0.5, 0.6) is 23.0 Å². The second-order valence-electron chi connectivity index (χ2n) is 8.46. The van der Waals surface area contributed by atoms with E-state index in [9.17, 15) is 24.5 Å². The maximum Gasteiger partial charge on any atom is 0.335 e. The van der Waals surface area contributed by atoms with Crippen LogP contribution in [0.15, 0.2) is 64.6 Å². The highest BCUT2D eigenvalue weighted by molar-refractivity contribution is 9.10. The Morgan fingerprint density at radius 2 is 1.82 bits per heavy atom. The molecule has 3 aromatic rings. The van der Waals surface area contributed by atoms with Gasteiger partial charge in [-0.05, 0) is 48.4 Å². The monoisotopic (exact) mass is 609 g/mol. The molecule has 0 atom stereocenters. The normalized spacial score (nSPS) is 15.3. The number of nitro groups is 1. The van der Waals surface area contributed by atoms with Crippen LogP contribution < -0.4 is 29.2 Å². The number of benzene rings is 3. The zero-order valence-electron chi connectivity index (χ0n) is 20.8. The Morgan fingerprint density at radius 1 is 1.05 bits per heavy atom. The fraction of sp³-hybridized carbons (Fsp3) is 0.148. The van der Waals surface area contributed by atoms with Crippen molar-refractivity contribution in [1.82, 2.24) is 5.32 Å². The van der Waals surface area contributed by atoms with Gasteiger partial charge in [0.15, 0.2) is 23.0 Å². The Bertz CT molecular complexity index is 1590. The van der Waals surface area contributed by atoms with Crippen molar-refractivity contribution in [2.75, 3.05) is 18.3 Å². The number of rotatable bonds is 8. The molecule has 5 rings (SSSR count). The van der Waals surface area contributed by atoms with Crippen LogP contribution in [0.4, 0.5) is 16.2 Å². The van der Waals surface area contributed by atoms with Crippen molar-refractivity contribution in [2.45, 2.75) is 13.5 Å². The number of carbonyl (C=O) groups excluding carboxylic acids is 3. The number of imide groups is 2. The molecule has 40 heavy (non-hydrogen) atoms. The molecule has 0 bridgehead atoms. The summed E-state index contributed by atoms with van der Waals surface area (Å²) in [4.78, 5) is 50.1. The average molecular weight is 610 g/mol. The number of halogens is 1. The van der Waals surface area contributed by atoms with Crippen LogP contribution in [0, 0.1) is 10.1 Å². The van der Waals surface area contributed by atoms with Gasteiger partial charge in [0.2, 0.25) is 6.79 Å². The number of fused-ring (bicyclic) bond motifs is 1. The second kappa shape index (κ2) is 11.1. The molecule has 4 amide bonds. The Labute approximate surface area is 235 Å². The summed E-state index contributed by atoms with van der Waals surface area (Å²) in [5, 5.41) is 13.3. The Morgan fingerprint density at radius 3 is 2.60 bits per heavy atom. The molecular weight excluding hydrogens is 590 g/mol. The molecule has 0 unspecified atom stereocenters. The van der Waals surface area contributed by atoms with Crippen molar-refractivity contribution in [3.63, 3.8) is 0 Å². The van der Waals surface area contributed by atoms with Crippen molar-refractivity contribution >= 4 is 51.2 Å². The number of hydrogen-bond donors (Lipinski definition) is 1. The third kappa shape index (κ3) is 5.31. The summed E-state index contributed by atoms with van der Waals surface area (Å²) in [7, 11) is 0. The van der Waals surface area contributed by atoms with Crippen LogP contribution in [0.3, 0.4) is 0 Å². The molecule has 2 aliphatic heterocycles. The van der Waals surface area contributed by atoms with Crippen molar-refractivity contribution < 1.29 is 38.3 Å². The Kier molecular flexibility index (Phi) is 7.38. The Hall–Kier alpha value is -4.91. The first-order valence-corrected chi connectivity index (χ1v) is 12.7. The number of hydrogen-bond acceptors (Lipinski definition) is 9. The largest absolute Gasteiger partial charge is 0.490 e. The third-order valence-corrected chi connectivity index (χ3v) is 6.58. The molecule has 0 spiro atoms. The van der Waals surface area contributed by atoms with Crippen molar-refractivity contribution in [1.29, 1.82) is 0 Å². The van der Waals surface area contributed by atoms with Gasteiger partial charge in [0, 0.05) is 22.7 Å². The van der Waals surface area contributed by atoms with E-state index in [2.05, 4.69) is 21.2 Å². The van der Waals surface area contributed by atoms with Crippen molar-refractivity contribution in [3.8, 4) is 23.0 Å². The molecule has 0 aromatic heterocycles. The SMILES string of the molecule is CCOc1cc(/C=C2\C(=O)NC(=O)N(c3ccc4c(c3)OCO4)C2=O)c(Br)cc1OCc1cccc([N+](=O)[O-])c1. The molecule has 1 N–H and O–H groups in total. The van der Waals surface area contributed by atoms with Gasteiger partial charge in [0.25, 0.3) is 17.5 Å². The molecule has 2 heterocycles. The first-order chi connectivity index (χ1) is 19.2. The number of barbiturate groups is 1. The molecule has 1 fully saturated rings. The van der Waals surface area contributed by atoms with E-state index in [1.165, 1.54) is 30.3 Å². The average Bonchev–Trinajstić information content (AvgIpc) is 3.40. The van der Waals surface area contributed by atoms with Gasteiger partial charge < -0.3 is 18.9 Å². The van der Waals surface area contributed by atoms with E-state index in [0.717, 1.165) is 4.90 Å². The topological polar surface area (TPSA) is 147 Å². The van der Waals surface area contributed by atoms with E-state index in [4.69, 9.17) is 18.9 Å². The Balaban J connectivity index is 1.44. The fourth-order valence-corrected chi connectivity index (χ4v) is 4.47. The zero-order valence-corrected chi connectivity index (χ0v) is 22.4. The quantitative estimate of drug-likeness (QED) is 0.166. The lowest BCUT2D eigenvalue weighted by molar-refractivity contribution is -0.384. The maximum absolute atomic E-state index is 13.4. The van der Waals surface area contributed by atoms with Crippen LogP contribution >= 0.6 is 15.9 Å². The van der Waals surface area contributed by atoms with E-state index in [1.807, 2.05) is 0 Å². The maximum atomic E-state index is 13.4. The molecule has 204 valence electrons. The number of ether oxygens (including phenoxy) is 4. The van der Waals surface area contributed by atoms with Crippen LogP contribution in [0.2, 0.25) is 0 Å². The number of urea groups is 1. The van der Waals surface area contributed by atoms with Gasteiger partial charge in [0.1, 0.15) is 12.2 Å². The minimum atomic E-state index is -0.898. The van der Waals surface area contributed by atoms with Crippen molar-refractivity contribution in [3.05, 3.63) is 85.9 Å². The summed E-state index contributed by atoms with van der Waals surface area (Å²) >= 11 is 3.44. The number of nitrogens with one attached hydrogen (secondary N) is 1. The first-order valence-electron chi connectivity index (χ1n) is 11.9. The standard InChI is InChI=1S/C27H20BrN3O9/c1-2-37-22-10-16(20(28)12-24(22)38-13-15-4-3-5-18(8-15)31(35)36)9-19-25(32)29-27(34)30(26(19)33)17-6-7-21-23(11-17)40-14-39-21/h3-12H,2,13-14H2,1H3,(H,29,32,34)/b19-9+. The van der Waals surface area contributed by atoms with E-state index >= 15 is 0 Å². The van der Waals surface area contributed by atoms with Gasteiger partial charge in [-0.15, -0.1) is 0 Å². The van der Waals surface area contributed by atoms with Crippen LogP contribution in [-0.2, 0) is 16.2 Å². The third-order valence-electron chi connectivity index (χ3n) is 5.89. The molecule has 0 aliphatic carbocycles. The highest BCUT2D eigenvalue weighted by Crippen LogP contribution is 2.38. The van der Waals surface area contributed by atoms with E-state index in [1.54, 1.807) is 37.3 Å². The van der Waals surface area contributed by atoms with Gasteiger partial charge in [-0.25, -0.2) is 9.69 Å². The summed E-state index contributed by atoms with van der Waals surface area (Å²) in [5.74, 6) is -0.202. The molecule has 2 aliphatic rings. The van der Waals surface area contributed by atoms with Crippen LogP contribution in [0.1, 0.15) is 18.1 Å². The van der Waals surface area contributed by atoms with Gasteiger partial charge in [-0.3, -0.25) is 25.0 Å². The number of anilines is 1. The molecule has 13 heteroatoms. The number of amides is 4.